The molecule has 3 aromatic rings. The number of hydrogen-bond acceptors (Lipinski definition) is 5. The van der Waals surface area contributed by atoms with Gasteiger partial charge in [-0.05, 0) is 94.2 Å². The highest BCUT2D eigenvalue weighted by molar-refractivity contribution is 5.89. The Morgan fingerprint density at radius 3 is 2.28 bits per heavy atom. The van der Waals surface area contributed by atoms with Crippen LogP contribution in [0.1, 0.15) is 83.0 Å². The van der Waals surface area contributed by atoms with Crippen LogP contribution < -0.4 is 9.64 Å². The predicted octanol–water partition coefficient (Wildman–Crippen LogP) is 7.76. The van der Waals surface area contributed by atoms with Gasteiger partial charge in [0.1, 0.15) is 17.3 Å². The smallest absolute Gasteiger partial charge is 0.337 e. The number of piperidine rings is 1. The molecule has 1 fully saturated rings. The molecular formula is C36H43FN2O4. The van der Waals surface area contributed by atoms with E-state index >= 15 is 0 Å². The molecule has 1 aliphatic heterocycles. The Hall–Kier alpha value is -3.89. The minimum Gasteiger partial charge on any atom is -0.493 e. The van der Waals surface area contributed by atoms with E-state index in [1.54, 1.807) is 19.1 Å². The van der Waals surface area contributed by atoms with Crippen LogP contribution in [0.2, 0.25) is 0 Å². The zero-order chi connectivity index (χ0) is 31.4. The summed E-state index contributed by atoms with van der Waals surface area (Å²) in [4.78, 5) is 19.9. The topological polar surface area (TPSA) is 71.9 Å². The van der Waals surface area contributed by atoms with Crippen LogP contribution in [0.15, 0.2) is 48.5 Å². The summed E-state index contributed by atoms with van der Waals surface area (Å²) < 4.78 is 25.4. The lowest BCUT2D eigenvalue weighted by molar-refractivity contribution is -0.160. The number of aryl methyl sites for hydroxylation is 1. The molecule has 1 aliphatic rings. The SMILES string of the molecule is CC#Cc1nc(C)c([C@H](OC(C)(C)C)C(=O)O)c(N2CCC(C)(C)CC2)c1-c1ccc(OCCc2ccc(F)cc2)cc1. The molecule has 6 nitrogen and oxygen atoms in total. The number of carboxylic acid groups (broad SMARTS) is 1. The van der Waals surface area contributed by atoms with Crippen LogP contribution in [0.25, 0.3) is 11.1 Å². The van der Waals surface area contributed by atoms with Crippen LogP contribution in [0.5, 0.6) is 5.75 Å². The minimum atomic E-state index is -1.20. The molecule has 1 saturated heterocycles. The van der Waals surface area contributed by atoms with Crippen molar-refractivity contribution in [3.05, 3.63) is 76.9 Å². The highest BCUT2D eigenvalue weighted by Gasteiger charge is 2.36. The highest BCUT2D eigenvalue weighted by atomic mass is 19.1. The lowest BCUT2D eigenvalue weighted by Crippen LogP contribution is -2.39. The number of carbonyl (C=O) groups is 1. The summed E-state index contributed by atoms with van der Waals surface area (Å²) in [5.41, 5.74) is 4.78. The summed E-state index contributed by atoms with van der Waals surface area (Å²) in [6, 6.07) is 14.2. The maximum absolute atomic E-state index is 13.2. The molecule has 2 heterocycles. The van der Waals surface area contributed by atoms with Crippen molar-refractivity contribution in [3.63, 3.8) is 0 Å². The van der Waals surface area contributed by atoms with Crippen molar-refractivity contribution in [3.8, 4) is 28.7 Å². The first kappa shape index (κ1) is 32.0. The second-order valence-electron chi connectivity index (χ2n) is 12.9. The first-order valence-electron chi connectivity index (χ1n) is 14.9. The van der Waals surface area contributed by atoms with Gasteiger partial charge in [0.2, 0.25) is 0 Å². The molecule has 0 unspecified atom stereocenters. The summed E-state index contributed by atoms with van der Waals surface area (Å²) in [6.45, 7) is 15.8. The molecule has 0 aliphatic carbocycles. The summed E-state index contributed by atoms with van der Waals surface area (Å²) >= 11 is 0. The number of aromatic nitrogens is 1. The van der Waals surface area contributed by atoms with Gasteiger partial charge >= 0.3 is 5.97 Å². The van der Waals surface area contributed by atoms with E-state index in [9.17, 15) is 14.3 Å². The van der Waals surface area contributed by atoms with Crippen LogP contribution in [-0.2, 0) is 16.0 Å². The maximum atomic E-state index is 13.2. The third kappa shape index (κ3) is 8.14. The molecule has 228 valence electrons. The predicted molar refractivity (Wildman–Crippen MR) is 169 cm³/mol. The average molecular weight is 587 g/mol. The van der Waals surface area contributed by atoms with Crippen molar-refractivity contribution < 1.29 is 23.8 Å². The van der Waals surface area contributed by atoms with Crippen LogP contribution >= 0.6 is 0 Å². The number of carboxylic acids is 1. The molecule has 1 N–H and O–H groups in total. The first-order chi connectivity index (χ1) is 20.3. The Balaban J connectivity index is 1.79. The van der Waals surface area contributed by atoms with E-state index < -0.39 is 17.7 Å². The monoisotopic (exact) mass is 586 g/mol. The van der Waals surface area contributed by atoms with Crippen LogP contribution in [0.3, 0.4) is 0 Å². The quantitative estimate of drug-likeness (QED) is 0.259. The fourth-order valence-corrected chi connectivity index (χ4v) is 5.40. The van der Waals surface area contributed by atoms with E-state index in [4.69, 9.17) is 14.5 Å². The van der Waals surface area contributed by atoms with Crippen molar-refractivity contribution in [1.29, 1.82) is 0 Å². The van der Waals surface area contributed by atoms with Gasteiger partial charge < -0.3 is 19.5 Å². The number of halogens is 1. The molecule has 1 atom stereocenters. The average Bonchev–Trinajstić information content (AvgIpc) is 2.93. The van der Waals surface area contributed by atoms with Gasteiger partial charge in [0, 0.05) is 36.3 Å². The van der Waals surface area contributed by atoms with Crippen LogP contribution in [0, 0.1) is 30.0 Å². The number of hydrogen-bond donors (Lipinski definition) is 1. The zero-order valence-corrected chi connectivity index (χ0v) is 26.4. The van der Waals surface area contributed by atoms with E-state index in [0.29, 0.717) is 35.7 Å². The van der Waals surface area contributed by atoms with E-state index in [2.05, 4.69) is 30.6 Å². The summed E-state index contributed by atoms with van der Waals surface area (Å²) in [5, 5.41) is 10.4. The van der Waals surface area contributed by atoms with Crippen LogP contribution in [-0.4, -0.2) is 41.4 Å². The summed E-state index contributed by atoms with van der Waals surface area (Å²) in [7, 11) is 0. The summed E-state index contributed by atoms with van der Waals surface area (Å²) in [6.07, 6.45) is 1.40. The van der Waals surface area contributed by atoms with Crippen molar-refractivity contribution in [1.82, 2.24) is 4.98 Å². The van der Waals surface area contributed by atoms with Gasteiger partial charge in [0.25, 0.3) is 0 Å². The molecule has 2 aromatic carbocycles. The van der Waals surface area contributed by atoms with E-state index in [1.807, 2.05) is 52.0 Å². The third-order valence-electron chi connectivity index (χ3n) is 7.75. The first-order valence-corrected chi connectivity index (χ1v) is 14.9. The van der Waals surface area contributed by atoms with Crippen molar-refractivity contribution in [2.75, 3.05) is 24.6 Å². The lowest BCUT2D eigenvalue weighted by Gasteiger charge is -2.41. The van der Waals surface area contributed by atoms with Gasteiger partial charge in [-0.15, -0.1) is 0 Å². The zero-order valence-electron chi connectivity index (χ0n) is 26.4. The number of benzene rings is 2. The Morgan fingerprint density at radius 1 is 1.09 bits per heavy atom. The van der Waals surface area contributed by atoms with E-state index in [1.165, 1.54) is 12.1 Å². The number of ether oxygens (including phenoxy) is 2. The fraction of sp³-hybridized carbons (Fsp3) is 0.444. The van der Waals surface area contributed by atoms with E-state index in [0.717, 1.165) is 48.3 Å². The normalized spacial score (nSPS) is 15.4. The second kappa shape index (κ2) is 13.2. The van der Waals surface area contributed by atoms with Gasteiger partial charge in [0.05, 0.1) is 17.9 Å². The Kier molecular flexibility index (Phi) is 9.82. The van der Waals surface area contributed by atoms with Gasteiger partial charge in [-0.2, -0.15) is 0 Å². The van der Waals surface area contributed by atoms with Crippen molar-refractivity contribution in [2.24, 2.45) is 5.41 Å². The minimum absolute atomic E-state index is 0.200. The number of nitrogens with zero attached hydrogens (tertiary/aromatic N) is 2. The molecule has 0 amide bonds. The standard InChI is InChI=1S/C36H43FN2O4/c1-8-9-29-31(26-12-16-28(17-13-26)42-23-18-25-10-14-27(37)15-11-25)32(39-21-19-36(6,7)20-22-39)30(24(2)38-29)33(34(40)41)43-35(3,4)5/h10-17,33H,18-23H2,1-7H3,(H,40,41)/t33-/m0/s1. The number of pyridine rings is 1. The second-order valence-corrected chi connectivity index (χ2v) is 12.9. The molecule has 0 spiro atoms. The van der Waals surface area contributed by atoms with E-state index in [-0.39, 0.29) is 11.2 Å². The van der Waals surface area contributed by atoms with Gasteiger partial charge in [0.15, 0.2) is 6.10 Å². The number of aliphatic carboxylic acids is 1. The maximum Gasteiger partial charge on any atom is 0.337 e. The van der Waals surface area contributed by atoms with Gasteiger partial charge in [-0.1, -0.05) is 44.0 Å². The molecule has 0 saturated carbocycles. The molecule has 4 rings (SSSR count). The largest absolute Gasteiger partial charge is 0.493 e. The lowest BCUT2D eigenvalue weighted by atomic mass is 9.81. The van der Waals surface area contributed by atoms with Gasteiger partial charge in [-0.3, -0.25) is 0 Å². The van der Waals surface area contributed by atoms with Gasteiger partial charge in [-0.25, -0.2) is 14.2 Å². The van der Waals surface area contributed by atoms with Crippen molar-refractivity contribution in [2.45, 2.75) is 79.4 Å². The molecular weight excluding hydrogens is 543 g/mol. The number of anilines is 1. The fourth-order valence-electron chi connectivity index (χ4n) is 5.40. The molecule has 0 radical (unpaired) electrons. The summed E-state index contributed by atoms with van der Waals surface area (Å²) in [5.74, 6) is 5.59. The van der Waals surface area contributed by atoms with Crippen molar-refractivity contribution >= 4 is 11.7 Å². The molecule has 43 heavy (non-hydrogen) atoms. The Labute approximate surface area is 255 Å². The molecule has 0 bridgehead atoms. The third-order valence-corrected chi connectivity index (χ3v) is 7.75. The molecule has 7 heteroatoms. The highest BCUT2D eigenvalue weighted by Crippen LogP contribution is 2.45. The number of rotatable bonds is 9. The van der Waals surface area contributed by atoms with Crippen LogP contribution in [0.4, 0.5) is 10.1 Å². The Bertz CT molecular complexity index is 1490. The molecule has 1 aromatic heterocycles. The Morgan fingerprint density at radius 2 is 1.72 bits per heavy atom.